The van der Waals surface area contributed by atoms with E-state index in [1.54, 1.807) is 0 Å². The molecule has 1 nitrogen and oxygen atoms in total. The van der Waals surface area contributed by atoms with Gasteiger partial charge in [0.1, 0.15) is 5.78 Å². The van der Waals surface area contributed by atoms with Crippen molar-refractivity contribution in [3.05, 3.63) is 0 Å². The van der Waals surface area contributed by atoms with E-state index in [9.17, 15) is 13.6 Å². The van der Waals surface area contributed by atoms with E-state index in [2.05, 4.69) is 13.8 Å². The maximum atomic E-state index is 12.9. The van der Waals surface area contributed by atoms with Crippen molar-refractivity contribution >= 4 is 5.78 Å². The topological polar surface area (TPSA) is 17.1 Å². The van der Waals surface area contributed by atoms with Gasteiger partial charge in [0.2, 0.25) is 0 Å². The number of hydrogen-bond donors (Lipinski definition) is 0. The SMILES string of the molecule is CCCCC[C@@H](CF)C(=O)[C@@H](CF)CCCCC. The van der Waals surface area contributed by atoms with Crippen molar-refractivity contribution in [2.24, 2.45) is 11.8 Å². The summed E-state index contributed by atoms with van der Waals surface area (Å²) < 4.78 is 25.8. The normalized spacial score (nSPS) is 14.4. The number of carbonyl (C=O) groups excluding carboxylic acids is 1. The summed E-state index contributed by atoms with van der Waals surface area (Å²) in [5.74, 6) is -1.33. The molecule has 0 aromatic rings. The Kier molecular flexibility index (Phi) is 11.3. The maximum Gasteiger partial charge on any atom is 0.144 e. The molecule has 0 rings (SSSR count). The molecule has 0 spiro atoms. The number of carbonyl (C=O) groups is 1. The number of Topliss-reactive ketones (excluding diaryl/α,β-unsaturated/α-hetero) is 1. The van der Waals surface area contributed by atoms with Crippen LogP contribution in [-0.2, 0) is 4.79 Å². The third-order valence-corrected chi connectivity index (χ3v) is 3.49. The summed E-state index contributed by atoms with van der Waals surface area (Å²) in [6, 6.07) is 0. The molecule has 0 heterocycles. The molecule has 3 heteroatoms. The predicted molar refractivity (Wildman–Crippen MR) is 72.2 cm³/mol. The first kappa shape index (κ1) is 17.5. The Morgan fingerprint density at radius 2 is 1.22 bits per heavy atom. The third-order valence-electron chi connectivity index (χ3n) is 3.49. The van der Waals surface area contributed by atoms with E-state index in [4.69, 9.17) is 0 Å². The number of hydrogen-bond acceptors (Lipinski definition) is 1. The predicted octanol–water partition coefficient (Wildman–Crippen LogP) is 4.89. The molecule has 108 valence electrons. The number of halogens is 2. The molecule has 0 aromatic carbocycles. The zero-order chi connectivity index (χ0) is 13.8. The highest BCUT2D eigenvalue weighted by atomic mass is 19.1. The van der Waals surface area contributed by atoms with Crippen LogP contribution in [0.25, 0.3) is 0 Å². The van der Waals surface area contributed by atoms with Crippen molar-refractivity contribution in [1.29, 1.82) is 0 Å². The number of ketones is 1. The third kappa shape index (κ3) is 7.07. The number of rotatable bonds is 12. The summed E-state index contributed by atoms with van der Waals surface area (Å²) in [6.45, 7) is 2.88. The van der Waals surface area contributed by atoms with Crippen molar-refractivity contribution in [2.75, 3.05) is 13.3 Å². The minimum atomic E-state index is -0.632. The van der Waals surface area contributed by atoms with Crippen LogP contribution in [-0.4, -0.2) is 19.1 Å². The molecule has 0 aliphatic carbocycles. The second-order valence-electron chi connectivity index (χ2n) is 5.10. The van der Waals surface area contributed by atoms with Crippen LogP contribution in [0.1, 0.15) is 65.2 Å². The molecule has 0 fully saturated rings. The molecule has 0 bridgehead atoms. The summed E-state index contributed by atoms with van der Waals surface area (Å²) in [5, 5.41) is 0. The molecule has 0 amide bonds. The lowest BCUT2D eigenvalue weighted by Gasteiger charge is -2.18. The second kappa shape index (κ2) is 11.6. The lowest BCUT2D eigenvalue weighted by atomic mass is 9.87. The molecule has 2 atom stereocenters. The Morgan fingerprint density at radius 3 is 1.50 bits per heavy atom. The van der Waals surface area contributed by atoms with Crippen molar-refractivity contribution in [3.8, 4) is 0 Å². The fraction of sp³-hybridized carbons (Fsp3) is 0.933. The second-order valence-corrected chi connectivity index (χ2v) is 5.10. The van der Waals surface area contributed by atoms with Crippen molar-refractivity contribution in [1.82, 2.24) is 0 Å². The average Bonchev–Trinajstić information content (AvgIpc) is 2.39. The summed E-state index contributed by atoms with van der Waals surface area (Å²) >= 11 is 0. The molecule has 0 aliphatic heterocycles. The Morgan fingerprint density at radius 1 is 0.833 bits per heavy atom. The van der Waals surface area contributed by atoms with Crippen LogP contribution in [0.4, 0.5) is 8.78 Å². The van der Waals surface area contributed by atoms with E-state index in [1.165, 1.54) is 0 Å². The maximum absolute atomic E-state index is 12.9. The van der Waals surface area contributed by atoms with Crippen LogP contribution in [0.3, 0.4) is 0 Å². The average molecular weight is 262 g/mol. The van der Waals surface area contributed by atoms with Crippen molar-refractivity contribution in [2.45, 2.75) is 65.2 Å². The zero-order valence-electron chi connectivity index (χ0n) is 11.9. The van der Waals surface area contributed by atoms with E-state index in [1.807, 2.05) is 0 Å². The Hall–Kier alpha value is -0.470. The first-order chi connectivity index (χ1) is 8.71. The number of alkyl halides is 2. The fourth-order valence-electron chi connectivity index (χ4n) is 2.21. The monoisotopic (exact) mass is 262 g/mol. The first-order valence-electron chi connectivity index (χ1n) is 7.36. The highest BCUT2D eigenvalue weighted by molar-refractivity contribution is 5.83. The summed E-state index contributed by atoms with van der Waals surface area (Å²) in [5.41, 5.74) is 0. The van der Waals surface area contributed by atoms with Gasteiger partial charge < -0.3 is 0 Å². The molecular weight excluding hydrogens is 234 g/mol. The Labute approximate surface area is 110 Å². The van der Waals surface area contributed by atoms with Gasteiger partial charge in [-0.05, 0) is 12.8 Å². The van der Waals surface area contributed by atoms with E-state index >= 15 is 0 Å². The highest BCUT2D eigenvalue weighted by Crippen LogP contribution is 2.21. The Bertz CT molecular complexity index is 187. The number of unbranched alkanes of at least 4 members (excludes halogenated alkanes) is 4. The lowest BCUT2D eigenvalue weighted by molar-refractivity contribution is -0.128. The largest absolute Gasteiger partial charge is 0.299 e. The fourth-order valence-corrected chi connectivity index (χ4v) is 2.21. The van der Waals surface area contributed by atoms with Gasteiger partial charge in [-0.15, -0.1) is 0 Å². The Balaban J connectivity index is 4.16. The zero-order valence-corrected chi connectivity index (χ0v) is 11.9. The van der Waals surface area contributed by atoms with Crippen LogP contribution in [0.2, 0.25) is 0 Å². The minimum absolute atomic E-state index is 0.188. The molecule has 0 aliphatic rings. The molecule has 0 aromatic heterocycles. The summed E-state index contributed by atoms with van der Waals surface area (Å²) in [7, 11) is 0. The van der Waals surface area contributed by atoms with E-state index in [-0.39, 0.29) is 5.78 Å². The van der Waals surface area contributed by atoms with Gasteiger partial charge in [0.05, 0.1) is 13.3 Å². The van der Waals surface area contributed by atoms with E-state index < -0.39 is 25.2 Å². The quantitative estimate of drug-likeness (QED) is 0.458. The smallest absolute Gasteiger partial charge is 0.144 e. The standard InChI is InChI=1S/C15H28F2O/c1-3-5-7-9-13(11-16)15(18)14(12-17)10-8-6-4-2/h13-14H,3-12H2,1-2H3/t13-,14+. The van der Waals surface area contributed by atoms with E-state index in [0.29, 0.717) is 12.8 Å². The molecule has 0 saturated heterocycles. The van der Waals surface area contributed by atoms with Crippen LogP contribution in [0.15, 0.2) is 0 Å². The van der Waals surface area contributed by atoms with Gasteiger partial charge in [-0.3, -0.25) is 13.6 Å². The van der Waals surface area contributed by atoms with Crippen LogP contribution >= 0.6 is 0 Å². The molecule has 0 radical (unpaired) electrons. The molecule has 0 N–H and O–H groups in total. The van der Waals surface area contributed by atoms with Crippen LogP contribution in [0, 0.1) is 11.8 Å². The molecule has 18 heavy (non-hydrogen) atoms. The molecule has 0 unspecified atom stereocenters. The van der Waals surface area contributed by atoms with Gasteiger partial charge in [0.15, 0.2) is 0 Å². The summed E-state index contributed by atoms with van der Waals surface area (Å²) in [6.07, 6.45) is 7.02. The van der Waals surface area contributed by atoms with Gasteiger partial charge >= 0.3 is 0 Å². The van der Waals surface area contributed by atoms with Gasteiger partial charge in [-0.1, -0.05) is 52.4 Å². The highest BCUT2D eigenvalue weighted by Gasteiger charge is 2.26. The van der Waals surface area contributed by atoms with Crippen LogP contribution in [0.5, 0.6) is 0 Å². The summed E-state index contributed by atoms with van der Waals surface area (Å²) in [4.78, 5) is 12.0. The van der Waals surface area contributed by atoms with Crippen LogP contribution < -0.4 is 0 Å². The lowest BCUT2D eigenvalue weighted by Crippen LogP contribution is -2.26. The molecular formula is C15H28F2O. The van der Waals surface area contributed by atoms with Gasteiger partial charge in [0, 0.05) is 11.8 Å². The van der Waals surface area contributed by atoms with Gasteiger partial charge in [-0.25, -0.2) is 0 Å². The first-order valence-corrected chi connectivity index (χ1v) is 7.36. The van der Waals surface area contributed by atoms with Crippen molar-refractivity contribution in [3.63, 3.8) is 0 Å². The minimum Gasteiger partial charge on any atom is -0.299 e. The van der Waals surface area contributed by atoms with E-state index in [0.717, 1.165) is 38.5 Å². The van der Waals surface area contributed by atoms with Crippen molar-refractivity contribution < 1.29 is 13.6 Å². The van der Waals surface area contributed by atoms with Gasteiger partial charge in [0.25, 0.3) is 0 Å². The van der Waals surface area contributed by atoms with Gasteiger partial charge in [-0.2, -0.15) is 0 Å². The molecule has 0 saturated carbocycles.